The van der Waals surface area contributed by atoms with Crippen molar-refractivity contribution >= 4 is 35.2 Å². The molecule has 0 spiro atoms. The van der Waals surface area contributed by atoms with Crippen LogP contribution in [0.1, 0.15) is 35.7 Å². The summed E-state index contributed by atoms with van der Waals surface area (Å²) in [6.45, 7) is 1.41. The van der Waals surface area contributed by atoms with Crippen LogP contribution in [0.2, 0.25) is 0 Å². The summed E-state index contributed by atoms with van der Waals surface area (Å²) in [6, 6.07) is 10.2. The van der Waals surface area contributed by atoms with Gasteiger partial charge in [-0.2, -0.15) is 0 Å². The standard InChI is InChI=1S/C23H23F3N2O6S/c1-2-33-22(31)15-8-11-18-17(12-15)28(13-20(29)27-32)21(30)19(35-18)5-3-4-14-6-9-16(10-7-14)34-23(24,25)26/h6-12,19,32H,2-5,13H2,1H3,(H,27,29). The van der Waals surface area contributed by atoms with E-state index in [2.05, 4.69) is 4.74 Å². The van der Waals surface area contributed by atoms with Gasteiger partial charge in [-0.25, -0.2) is 10.3 Å². The van der Waals surface area contributed by atoms with Gasteiger partial charge >= 0.3 is 12.3 Å². The van der Waals surface area contributed by atoms with Crippen molar-refractivity contribution in [2.45, 2.75) is 42.7 Å². The maximum Gasteiger partial charge on any atom is 0.573 e. The van der Waals surface area contributed by atoms with E-state index in [0.717, 1.165) is 5.56 Å². The van der Waals surface area contributed by atoms with Crippen LogP contribution < -0.4 is 15.1 Å². The van der Waals surface area contributed by atoms with Crippen LogP contribution in [0.4, 0.5) is 18.9 Å². The number of fused-ring (bicyclic) bond motifs is 1. The van der Waals surface area contributed by atoms with Crippen LogP contribution >= 0.6 is 11.8 Å². The van der Waals surface area contributed by atoms with E-state index in [1.54, 1.807) is 19.1 Å². The number of nitrogens with one attached hydrogen (secondary N) is 1. The Hall–Kier alpha value is -3.25. The minimum absolute atomic E-state index is 0.181. The van der Waals surface area contributed by atoms with Gasteiger partial charge in [-0.3, -0.25) is 14.8 Å². The third-order valence-corrected chi connectivity index (χ3v) is 6.41. The Kier molecular flexibility index (Phi) is 8.62. The third kappa shape index (κ3) is 7.12. The third-order valence-electron chi connectivity index (χ3n) is 5.09. The highest BCUT2D eigenvalue weighted by Crippen LogP contribution is 2.41. The van der Waals surface area contributed by atoms with Crippen molar-refractivity contribution in [1.29, 1.82) is 0 Å². The molecule has 35 heavy (non-hydrogen) atoms. The van der Waals surface area contributed by atoms with Crippen molar-refractivity contribution in [3.05, 3.63) is 53.6 Å². The van der Waals surface area contributed by atoms with Gasteiger partial charge < -0.3 is 14.4 Å². The molecule has 0 aromatic heterocycles. The molecule has 12 heteroatoms. The monoisotopic (exact) mass is 512 g/mol. The van der Waals surface area contributed by atoms with E-state index in [1.165, 1.54) is 52.5 Å². The number of rotatable bonds is 9. The molecule has 1 heterocycles. The van der Waals surface area contributed by atoms with Gasteiger partial charge in [0.1, 0.15) is 12.3 Å². The molecule has 8 nitrogen and oxygen atoms in total. The molecule has 0 aliphatic carbocycles. The first-order valence-corrected chi connectivity index (χ1v) is 11.6. The molecule has 0 fully saturated rings. The molecule has 0 saturated carbocycles. The Balaban J connectivity index is 1.70. The number of carbonyl (C=O) groups excluding carboxylic acids is 3. The molecule has 2 aromatic carbocycles. The minimum Gasteiger partial charge on any atom is -0.462 e. The number of carbonyl (C=O) groups is 3. The van der Waals surface area contributed by atoms with E-state index in [1.807, 2.05) is 0 Å². The second-order valence-corrected chi connectivity index (χ2v) is 8.80. The van der Waals surface area contributed by atoms with Crippen LogP contribution in [-0.2, 0) is 20.7 Å². The van der Waals surface area contributed by atoms with Gasteiger partial charge in [0, 0.05) is 4.90 Å². The number of hydrogen-bond acceptors (Lipinski definition) is 7. The summed E-state index contributed by atoms with van der Waals surface area (Å²) in [5.41, 5.74) is 2.88. The van der Waals surface area contributed by atoms with Gasteiger partial charge in [-0.05, 0) is 62.1 Å². The number of esters is 1. The van der Waals surface area contributed by atoms with Crippen LogP contribution in [-0.4, -0.2) is 47.8 Å². The van der Waals surface area contributed by atoms with Gasteiger partial charge in [-0.1, -0.05) is 12.1 Å². The largest absolute Gasteiger partial charge is 0.573 e. The normalized spacial score (nSPS) is 15.4. The predicted molar refractivity (Wildman–Crippen MR) is 120 cm³/mol. The smallest absolute Gasteiger partial charge is 0.462 e. The molecule has 3 rings (SSSR count). The summed E-state index contributed by atoms with van der Waals surface area (Å²) in [4.78, 5) is 39.0. The number of amides is 2. The topological polar surface area (TPSA) is 105 Å². The fourth-order valence-electron chi connectivity index (χ4n) is 3.54. The van der Waals surface area contributed by atoms with E-state index in [-0.39, 0.29) is 23.8 Å². The summed E-state index contributed by atoms with van der Waals surface area (Å²) in [7, 11) is 0. The number of benzene rings is 2. The van der Waals surface area contributed by atoms with Gasteiger partial charge in [0.25, 0.3) is 5.91 Å². The fourth-order valence-corrected chi connectivity index (χ4v) is 4.79. The number of anilines is 1. The van der Waals surface area contributed by atoms with Crippen molar-refractivity contribution in [1.82, 2.24) is 5.48 Å². The van der Waals surface area contributed by atoms with Crippen LogP contribution in [0, 0.1) is 0 Å². The number of halogens is 3. The Morgan fingerprint density at radius 3 is 2.51 bits per heavy atom. The quantitative estimate of drug-likeness (QED) is 0.296. The molecule has 0 bridgehead atoms. The molecular weight excluding hydrogens is 489 g/mol. The van der Waals surface area contributed by atoms with Crippen molar-refractivity contribution in [2.75, 3.05) is 18.1 Å². The summed E-state index contributed by atoms with van der Waals surface area (Å²) in [5, 5.41) is 8.41. The maximum atomic E-state index is 13.2. The Morgan fingerprint density at radius 2 is 1.89 bits per heavy atom. The van der Waals surface area contributed by atoms with E-state index in [0.29, 0.717) is 29.8 Å². The zero-order chi connectivity index (χ0) is 25.6. The molecule has 0 radical (unpaired) electrons. The molecule has 2 aromatic rings. The summed E-state index contributed by atoms with van der Waals surface area (Å²) in [6.07, 6.45) is -3.26. The first-order valence-electron chi connectivity index (χ1n) is 10.7. The maximum absolute atomic E-state index is 13.2. The predicted octanol–water partition coefficient (Wildman–Crippen LogP) is 4.10. The van der Waals surface area contributed by atoms with Crippen LogP contribution in [0.5, 0.6) is 5.75 Å². The van der Waals surface area contributed by atoms with E-state index in [9.17, 15) is 27.6 Å². The van der Waals surface area contributed by atoms with Crippen molar-refractivity contribution < 1.29 is 42.2 Å². The Morgan fingerprint density at radius 1 is 1.17 bits per heavy atom. The van der Waals surface area contributed by atoms with E-state index in [4.69, 9.17) is 9.94 Å². The summed E-state index contributed by atoms with van der Waals surface area (Å²) >= 11 is 1.30. The number of alkyl halides is 3. The van der Waals surface area contributed by atoms with Crippen molar-refractivity contribution in [3.63, 3.8) is 0 Å². The Labute approximate surface area is 203 Å². The SMILES string of the molecule is CCOC(=O)c1ccc2c(c1)N(CC(=O)NO)C(=O)C(CCCc1ccc(OC(F)(F)F)cc1)S2. The number of thioether (sulfide) groups is 1. The molecule has 1 aliphatic heterocycles. The molecule has 1 aliphatic rings. The minimum atomic E-state index is -4.76. The fraction of sp³-hybridized carbons (Fsp3) is 0.348. The van der Waals surface area contributed by atoms with E-state index < -0.39 is 30.0 Å². The van der Waals surface area contributed by atoms with Crippen molar-refractivity contribution in [3.8, 4) is 5.75 Å². The first kappa shape index (κ1) is 26.4. The highest BCUT2D eigenvalue weighted by atomic mass is 32.2. The number of aryl methyl sites for hydroxylation is 1. The van der Waals surface area contributed by atoms with Crippen LogP contribution in [0.3, 0.4) is 0 Å². The number of nitrogens with zero attached hydrogens (tertiary/aromatic N) is 1. The second-order valence-electron chi connectivity index (χ2n) is 7.55. The molecule has 1 atom stereocenters. The first-order chi connectivity index (χ1) is 16.6. The van der Waals surface area contributed by atoms with Gasteiger partial charge in [0.15, 0.2) is 0 Å². The van der Waals surface area contributed by atoms with Gasteiger partial charge in [0.05, 0.1) is 23.1 Å². The molecule has 1 unspecified atom stereocenters. The average Bonchev–Trinajstić information content (AvgIpc) is 2.81. The number of ether oxygens (including phenoxy) is 2. The average molecular weight is 513 g/mol. The van der Waals surface area contributed by atoms with Gasteiger partial charge in [-0.15, -0.1) is 24.9 Å². The highest BCUT2D eigenvalue weighted by Gasteiger charge is 2.35. The van der Waals surface area contributed by atoms with Crippen molar-refractivity contribution in [2.24, 2.45) is 0 Å². The summed E-state index contributed by atoms with van der Waals surface area (Å²) in [5.74, 6) is -2.03. The lowest BCUT2D eigenvalue weighted by Crippen LogP contribution is -2.46. The molecule has 0 saturated heterocycles. The second kappa shape index (κ2) is 11.5. The lowest BCUT2D eigenvalue weighted by Gasteiger charge is -2.33. The number of hydrogen-bond donors (Lipinski definition) is 2. The van der Waals surface area contributed by atoms with Crippen LogP contribution in [0.15, 0.2) is 47.4 Å². The molecular formula is C23H23F3N2O6S. The molecule has 188 valence electrons. The molecule has 2 amide bonds. The summed E-state index contributed by atoms with van der Waals surface area (Å²) < 4.78 is 45.8. The molecule has 2 N–H and O–H groups in total. The zero-order valence-electron chi connectivity index (χ0n) is 18.6. The lowest BCUT2D eigenvalue weighted by molar-refractivity contribution is -0.274. The lowest BCUT2D eigenvalue weighted by atomic mass is 10.1. The number of hydroxylamine groups is 1. The highest BCUT2D eigenvalue weighted by molar-refractivity contribution is 8.01. The zero-order valence-corrected chi connectivity index (χ0v) is 19.4. The Bertz CT molecular complexity index is 1080. The van der Waals surface area contributed by atoms with Crippen LogP contribution in [0.25, 0.3) is 0 Å². The van der Waals surface area contributed by atoms with Gasteiger partial charge in [0.2, 0.25) is 5.91 Å². The van der Waals surface area contributed by atoms with E-state index >= 15 is 0 Å².